The van der Waals surface area contributed by atoms with Crippen LogP contribution in [0.5, 0.6) is 11.5 Å². The van der Waals surface area contributed by atoms with Gasteiger partial charge in [0.25, 0.3) is 0 Å². The quantitative estimate of drug-likeness (QED) is 0.343. The third kappa shape index (κ3) is 5.19. The number of halogens is 3. The average Bonchev–Trinajstić information content (AvgIpc) is 2.71. The number of anilines is 1. The van der Waals surface area contributed by atoms with E-state index in [1.54, 1.807) is 30.5 Å². The zero-order chi connectivity index (χ0) is 20.8. The lowest BCUT2D eigenvalue weighted by molar-refractivity contribution is 0.279. The van der Waals surface area contributed by atoms with Crippen LogP contribution in [0.15, 0.2) is 59.7 Å². The average molecular weight is 433 g/mol. The molecule has 1 N–H and O–H groups in total. The smallest absolute Gasteiger partial charge is 0.170 e. The van der Waals surface area contributed by atoms with Crippen LogP contribution in [0.2, 0.25) is 10.0 Å². The van der Waals surface area contributed by atoms with Crippen LogP contribution >= 0.6 is 23.2 Å². The van der Waals surface area contributed by atoms with Gasteiger partial charge in [-0.15, -0.1) is 0 Å². The number of hydrogen-bond donors (Lipinski definition) is 1. The Hall–Kier alpha value is -2.76. The first-order valence-electron chi connectivity index (χ1n) is 8.77. The minimum absolute atomic E-state index is 0.0479. The molecule has 29 heavy (non-hydrogen) atoms. The maximum atomic E-state index is 14.0. The zero-order valence-corrected chi connectivity index (χ0v) is 17.4. The van der Waals surface area contributed by atoms with Gasteiger partial charge in [-0.25, -0.2) is 4.39 Å². The van der Waals surface area contributed by atoms with E-state index in [2.05, 4.69) is 10.5 Å². The predicted molar refractivity (Wildman–Crippen MR) is 116 cm³/mol. The molecule has 0 saturated heterocycles. The van der Waals surface area contributed by atoms with Gasteiger partial charge in [0.15, 0.2) is 11.5 Å². The molecule has 0 aliphatic carbocycles. The van der Waals surface area contributed by atoms with Gasteiger partial charge in [0.2, 0.25) is 0 Å². The van der Waals surface area contributed by atoms with Crippen molar-refractivity contribution >= 4 is 35.1 Å². The number of para-hydroxylation sites is 1. The Morgan fingerprint density at radius 1 is 1.07 bits per heavy atom. The van der Waals surface area contributed by atoms with Gasteiger partial charge >= 0.3 is 0 Å². The number of ether oxygens (including phenoxy) is 2. The van der Waals surface area contributed by atoms with Crippen LogP contribution in [0.4, 0.5) is 10.1 Å². The Labute approximate surface area is 178 Å². The van der Waals surface area contributed by atoms with Crippen LogP contribution < -0.4 is 14.9 Å². The standard InChI is InChI=1S/C22H19Cl2FN2O2/c1-14-9-10-16(11-19(14)24)27-26-12-15-5-3-8-21(28-2)22(15)29-13-17-18(23)6-4-7-20(17)25/h3-12,27H,13H2,1-2H3. The molecule has 0 aliphatic heterocycles. The van der Waals surface area contributed by atoms with Crippen molar-refractivity contribution < 1.29 is 13.9 Å². The lowest BCUT2D eigenvalue weighted by Gasteiger charge is -2.14. The fourth-order valence-electron chi connectivity index (χ4n) is 2.60. The maximum Gasteiger partial charge on any atom is 0.170 e. The highest BCUT2D eigenvalue weighted by atomic mass is 35.5. The van der Waals surface area contributed by atoms with E-state index < -0.39 is 5.82 Å². The lowest BCUT2D eigenvalue weighted by Crippen LogP contribution is -2.03. The number of benzene rings is 3. The first-order valence-corrected chi connectivity index (χ1v) is 9.53. The van der Waals surface area contributed by atoms with Gasteiger partial charge in [-0.2, -0.15) is 5.10 Å². The summed E-state index contributed by atoms with van der Waals surface area (Å²) in [5.41, 5.74) is 5.59. The number of nitrogens with zero attached hydrogens (tertiary/aromatic N) is 1. The van der Waals surface area contributed by atoms with E-state index in [9.17, 15) is 4.39 Å². The third-order valence-corrected chi connectivity index (χ3v) is 4.98. The summed E-state index contributed by atoms with van der Waals surface area (Å²) >= 11 is 12.2. The van der Waals surface area contributed by atoms with Gasteiger partial charge in [-0.05, 0) is 48.9 Å². The van der Waals surface area contributed by atoms with Crippen molar-refractivity contribution in [1.29, 1.82) is 0 Å². The number of methoxy groups -OCH3 is 1. The van der Waals surface area contributed by atoms with Crippen LogP contribution in [0.25, 0.3) is 0 Å². The Kier molecular flexibility index (Phi) is 6.96. The Morgan fingerprint density at radius 3 is 2.59 bits per heavy atom. The summed E-state index contributed by atoms with van der Waals surface area (Å²) in [7, 11) is 1.53. The third-order valence-electron chi connectivity index (χ3n) is 4.22. The highest BCUT2D eigenvalue weighted by Gasteiger charge is 2.13. The minimum Gasteiger partial charge on any atom is -0.493 e. The van der Waals surface area contributed by atoms with Crippen molar-refractivity contribution in [2.75, 3.05) is 12.5 Å². The van der Waals surface area contributed by atoms with Gasteiger partial charge in [0.1, 0.15) is 12.4 Å². The lowest BCUT2D eigenvalue weighted by atomic mass is 10.2. The van der Waals surface area contributed by atoms with Crippen molar-refractivity contribution in [2.24, 2.45) is 5.10 Å². The monoisotopic (exact) mass is 432 g/mol. The summed E-state index contributed by atoms with van der Waals surface area (Å²) < 4.78 is 25.3. The molecule has 0 radical (unpaired) electrons. The fourth-order valence-corrected chi connectivity index (χ4v) is 3.00. The summed E-state index contributed by atoms with van der Waals surface area (Å²) in [6, 6.07) is 15.4. The predicted octanol–water partition coefficient (Wildman–Crippen LogP) is 6.47. The highest BCUT2D eigenvalue weighted by Crippen LogP contribution is 2.32. The molecule has 0 aromatic heterocycles. The molecule has 0 amide bonds. The van der Waals surface area contributed by atoms with E-state index in [0.717, 1.165) is 11.3 Å². The molecule has 150 valence electrons. The van der Waals surface area contributed by atoms with Gasteiger partial charge in [-0.1, -0.05) is 41.4 Å². The van der Waals surface area contributed by atoms with Gasteiger partial charge in [0.05, 0.1) is 24.0 Å². The van der Waals surface area contributed by atoms with Crippen molar-refractivity contribution in [3.8, 4) is 11.5 Å². The summed E-state index contributed by atoms with van der Waals surface area (Å²) in [5, 5.41) is 5.19. The van der Waals surface area contributed by atoms with E-state index in [1.165, 1.54) is 13.2 Å². The minimum atomic E-state index is -0.430. The SMILES string of the molecule is COc1cccc(C=NNc2ccc(C)c(Cl)c2)c1OCc1c(F)cccc1Cl. The van der Waals surface area contributed by atoms with Crippen molar-refractivity contribution in [1.82, 2.24) is 0 Å². The van der Waals surface area contributed by atoms with Crippen LogP contribution in [0, 0.1) is 12.7 Å². The molecule has 0 aliphatic rings. The van der Waals surface area contributed by atoms with Crippen molar-refractivity contribution in [3.05, 3.63) is 87.2 Å². The fraction of sp³-hybridized carbons (Fsp3) is 0.136. The van der Waals surface area contributed by atoms with E-state index in [1.807, 2.05) is 31.2 Å². The molecule has 4 nitrogen and oxygen atoms in total. The second-order valence-electron chi connectivity index (χ2n) is 6.20. The summed E-state index contributed by atoms with van der Waals surface area (Å²) in [4.78, 5) is 0. The summed E-state index contributed by atoms with van der Waals surface area (Å²) in [5.74, 6) is 0.502. The van der Waals surface area contributed by atoms with E-state index in [4.69, 9.17) is 32.7 Å². The number of hydrazone groups is 1. The molecule has 0 fully saturated rings. The van der Waals surface area contributed by atoms with Crippen LogP contribution in [-0.2, 0) is 6.61 Å². The second kappa shape index (κ2) is 9.63. The van der Waals surface area contributed by atoms with Crippen LogP contribution in [0.3, 0.4) is 0 Å². The van der Waals surface area contributed by atoms with Crippen molar-refractivity contribution in [3.63, 3.8) is 0 Å². The van der Waals surface area contributed by atoms with Crippen LogP contribution in [-0.4, -0.2) is 13.3 Å². The van der Waals surface area contributed by atoms with Gasteiger partial charge in [-0.3, -0.25) is 5.43 Å². The highest BCUT2D eigenvalue weighted by molar-refractivity contribution is 6.31. The van der Waals surface area contributed by atoms with E-state index in [0.29, 0.717) is 27.1 Å². The summed E-state index contributed by atoms with van der Waals surface area (Å²) in [6.07, 6.45) is 1.59. The molecule has 0 unspecified atom stereocenters. The van der Waals surface area contributed by atoms with Crippen LogP contribution in [0.1, 0.15) is 16.7 Å². The Balaban J connectivity index is 1.81. The first-order chi connectivity index (χ1) is 14.0. The van der Waals surface area contributed by atoms with Crippen molar-refractivity contribution in [2.45, 2.75) is 13.5 Å². The Bertz CT molecular complexity index is 1020. The normalized spacial score (nSPS) is 10.9. The maximum absolute atomic E-state index is 14.0. The largest absolute Gasteiger partial charge is 0.493 e. The number of hydrogen-bond acceptors (Lipinski definition) is 4. The van der Waals surface area contributed by atoms with Gasteiger partial charge < -0.3 is 9.47 Å². The molecule has 0 saturated carbocycles. The van der Waals surface area contributed by atoms with Gasteiger partial charge in [0, 0.05) is 16.1 Å². The molecule has 0 spiro atoms. The Morgan fingerprint density at radius 2 is 1.86 bits per heavy atom. The molecule has 3 aromatic carbocycles. The molecule has 0 atom stereocenters. The molecule has 7 heteroatoms. The van der Waals surface area contributed by atoms with E-state index in [-0.39, 0.29) is 12.2 Å². The molecule has 3 rings (SSSR count). The number of rotatable bonds is 7. The second-order valence-corrected chi connectivity index (χ2v) is 7.02. The summed E-state index contributed by atoms with van der Waals surface area (Å²) in [6.45, 7) is 1.88. The molecule has 0 bridgehead atoms. The molecule has 3 aromatic rings. The zero-order valence-electron chi connectivity index (χ0n) is 15.9. The number of nitrogens with one attached hydrogen (secondary N) is 1. The first kappa shape index (κ1) is 21.0. The molecular weight excluding hydrogens is 414 g/mol. The molecular formula is C22H19Cl2FN2O2. The number of aryl methyl sites for hydroxylation is 1. The topological polar surface area (TPSA) is 42.8 Å². The van der Waals surface area contributed by atoms with E-state index >= 15 is 0 Å². The molecule has 0 heterocycles.